The van der Waals surface area contributed by atoms with Crippen LogP contribution in [0.3, 0.4) is 0 Å². The van der Waals surface area contributed by atoms with Gasteiger partial charge in [-0.05, 0) is 69.3 Å². The second-order valence-electron chi connectivity index (χ2n) is 22.2. The molecule has 5 saturated heterocycles. The molecule has 10 heteroatoms. The van der Waals surface area contributed by atoms with E-state index in [2.05, 4.69) is 169 Å². The van der Waals surface area contributed by atoms with E-state index in [1.54, 1.807) is 0 Å². The fraction of sp³-hybridized carbons (Fsp3) is 0.536. The van der Waals surface area contributed by atoms with Crippen molar-refractivity contribution < 1.29 is 37.6 Å². The third-order valence-corrected chi connectivity index (χ3v) is 26.1. The van der Waals surface area contributed by atoms with Crippen LogP contribution in [0.2, 0.25) is 10.1 Å². The van der Waals surface area contributed by atoms with E-state index in [0.29, 0.717) is 25.4 Å². The average molecular weight is 929 g/mol. The van der Waals surface area contributed by atoms with Gasteiger partial charge in [-0.25, -0.2) is 0 Å². The topological polar surface area (TPSA) is 88.1 Å². The minimum atomic E-state index is -2.52. The third-order valence-electron chi connectivity index (χ3n) is 16.0. The van der Waals surface area contributed by atoms with Crippen LogP contribution in [0.25, 0.3) is 0 Å². The fourth-order valence-electron chi connectivity index (χ4n) is 12.9. The van der Waals surface area contributed by atoms with E-state index in [1.165, 1.54) is 20.7 Å². The minimum Gasteiger partial charge on any atom is -0.407 e. The number of benzene rings is 4. The van der Waals surface area contributed by atoms with Gasteiger partial charge < -0.3 is 37.6 Å². The zero-order valence-electron chi connectivity index (χ0n) is 40.0. The zero-order chi connectivity index (χ0) is 45.8. The van der Waals surface area contributed by atoms with Crippen LogP contribution in [0, 0.1) is 0 Å². The molecule has 11 rings (SSSR count). The Morgan fingerprint density at radius 1 is 0.530 bits per heavy atom. The van der Waals surface area contributed by atoms with Gasteiger partial charge in [-0.1, -0.05) is 175 Å². The second kappa shape index (κ2) is 18.2. The van der Waals surface area contributed by atoms with Crippen LogP contribution in [0.1, 0.15) is 99.3 Å². The van der Waals surface area contributed by atoms with Crippen molar-refractivity contribution in [2.75, 3.05) is 13.2 Å². The Labute approximate surface area is 395 Å². The molecule has 2 spiro atoms. The van der Waals surface area contributed by atoms with Crippen LogP contribution in [0.15, 0.2) is 133 Å². The summed E-state index contributed by atoms with van der Waals surface area (Å²) in [5, 5.41) is 15.4. The first kappa shape index (κ1) is 46.5. The highest BCUT2D eigenvalue weighted by Gasteiger charge is 2.66. The highest BCUT2D eigenvalue weighted by Crippen LogP contribution is 2.55. The molecule has 66 heavy (non-hydrogen) atoms. The first-order chi connectivity index (χ1) is 31.8. The first-order valence-corrected chi connectivity index (χ1v) is 28.8. The maximum Gasteiger partial charge on any atom is 0.261 e. The highest BCUT2D eigenvalue weighted by molar-refractivity contribution is 7.00. The van der Waals surface area contributed by atoms with Crippen molar-refractivity contribution in [3.8, 4) is 0 Å². The predicted octanol–water partition coefficient (Wildman–Crippen LogP) is 8.16. The number of aliphatic hydroxyl groups excluding tert-OH is 1. The van der Waals surface area contributed by atoms with Gasteiger partial charge in [0.15, 0.2) is 0 Å². The Morgan fingerprint density at radius 2 is 0.955 bits per heavy atom. The fourth-order valence-corrected chi connectivity index (χ4v) is 22.0. The van der Waals surface area contributed by atoms with Crippen molar-refractivity contribution >= 4 is 37.4 Å². The van der Waals surface area contributed by atoms with Gasteiger partial charge >= 0.3 is 0 Å². The molecule has 5 heterocycles. The number of hydrogen-bond donors (Lipinski definition) is 1. The Morgan fingerprint density at radius 3 is 1.42 bits per heavy atom. The largest absolute Gasteiger partial charge is 0.407 e. The molecule has 0 aromatic heterocycles. The van der Waals surface area contributed by atoms with Crippen LogP contribution in [-0.2, 0) is 32.5 Å². The summed E-state index contributed by atoms with van der Waals surface area (Å²) in [5.74, 6) is 0. The lowest BCUT2D eigenvalue weighted by Crippen LogP contribution is -2.66. The molecule has 0 amide bonds. The molecule has 1 N–H and O–H groups in total. The molecular formula is C56H72O8Si2. The van der Waals surface area contributed by atoms with Crippen molar-refractivity contribution in [2.24, 2.45) is 0 Å². The summed E-state index contributed by atoms with van der Waals surface area (Å²) in [4.78, 5) is 0. The molecule has 2 aliphatic carbocycles. The number of epoxide rings is 1. The summed E-state index contributed by atoms with van der Waals surface area (Å²) in [6.45, 7) is 15.3. The standard InChI is InChI=1S/2C28H36O4Si/c1-27(2,3)33(21-10-6-4-7-11-21,22-12-8-5-9-13-22)29-17-16-20-14-15-25-28(32-20)18-23(30-25)26-24(19-28)31-26;1-27(2,3)33(22-10-6-4-7-11-22,23-12-8-5-9-13-23)30-19-17-21-14-15-26-28(32-21)18-16-24(29)25(20-28)31-26/h4-13,20,23-26H,14-19H2,1-3H3;4-13,16,18,21,24-26,29H,14-15,17,19-20H2,1-3H3/t20-,23-,24-,25+,26+,28-;21-,24-,25-,26+,28+/m11/s1. The monoisotopic (exact) mass is 928 g/mol. The Bertz CT molecular complexity index is 2180. The maximum absolute atomic E-state index is 10.1. The van der Waals surface area contributed by atoms with Crippen LogP contribution in [-0.4, -0.2) is 101 Å². The minimum absolute atomic E-state index is 0.00111. The summed E-state index contributed by atoms with van der Waals surface area (Å²) in [6, 6.07) is 43.4. The smallest absolute Gasteiger partial charge is 0.261 e. The third kappa shape index (κ3) is 8.49. The number of ether oxygens (including phenoxy) is 5. The number of aliphatic hydroxyl groups is 1. The quantitative estimate of drug-likeness (QED) is 0.0867. The summed E-state index contributed by atoms with van der Waals surface area (Å²) in [7, 11) is -5.02. The SMILES string of the molecule is CC(C)(C)[Si](OCC[C@H]1CC[C@@H]2O[C@@H]3C[C@]2(C=C[C@H]3O)O1)(c1ccccc1)c1ccccc1.CC(C)(C)[Si](OCC[C@H]1CC[C@@H]2O[C@@H]3C[C@]2(C[C@H]2O[C@H]23)O1)(c1ccccc1)c1ccccc1. The highest BCUT2D eigenvalue weighted by atomic mass is 28.4. The van der Waals surface area contributed by atoms with E-state index < -0.39 is 22.7 Å². The van der Waals surface area contributed by atoms with E-state index in [0.717, 1.165) is 57.8 Å². The molecule has 352 valence electrons. The molecule has 7 aliphatic rings. The lowest BCUT2D eigenvalue weighted by molar-refractivity contribution is -0.172. The van der Waals surface area contributed by atoms with Gasteiger partial charge in [0.05, 0.1) is 54.4 Å². The van der Waals surface area contributed by atoms with Crippen molar-refractivity contribution in [3.05, 3.63) is 133 Å². The van der Waals surface area contributed by atoms with E-state index in [4.69, 9.17) is 32.5 Å². The second-order valence-corrected chi connectivity index (χ2v) is 30.8. The van der Waals surface area contributed by atoms with Gasteiger partial charge in [0.2, 0.25) is 0 Å². The molecule has 8 nitrogen and oxygen atoms in total. The lowest BCUT2D eigenvalue weighted by Gasteiger charge is -2.44. The van der Waals surface area contributed by atoms with Crippen molar-refractivity contribution in [1.82, 2.24) is 0 Å². The average Bonchev–Trinajstić information content (AvgIpc) is 3.92. The molecule has 1 saturated carbocycles. The Hall–Kier alpha value is -3.27. The molecule has 5 aliphatic heterocycles. The van der Waals surface area contributed by atoms with E-state index in [1.807, 2.05) is 6.08 Å². The molecule has 4 bridgehead atoms. The van der Waals surface area contributed by atoms with Gasteiger partial charge in [-0.15, -0.1) is 0 Å². The van der Waals surface area contributed by atoms with Gasteiger partial charge in [-0.3, -0.25) is 0 Å². The van der Waals surface area contributed by atoms with Crippen molar-refractivity contribution in [2.45, 2.75) is 176 Å². The van der Waals surface area contributed by atoms with Gasteiger partial charge in [0.25, 0.3) is 16.6 Å². The molecule has 4 aromatic carbocycles. The van der Waals surface area contributed by atoms with Gasteiger partial charge in [0.1, 0.15) is 11.7 Å². The summed E-state index contributed by atoms with van der Waals surface area (Å²) in [6.07, 6.45) is 13.5. The molecule has 0 unspecified atom stereocenters. The molecule has 6 fully saturated rings. The number of fused-ring (bicyclic) bond motifs is 4. The normalized spacial score (nSPS) is 33.2. The molecular weight excluding hydrogens is 857 g/mol. The molecule has 11 atom stereocenters. The lowest BCUT2D eigenvalue weighted by atomic mass is 9.78. The molecule has 4 aromatic rings. The van der Waals surface area contributed by atoms with Crippen LogP contribution in [0.5, 0.6) is 0 Å². The summed E-state index contributed by atoms with van der Waals surface area (Å²) in [5.41, 5.74) is -0.493. The molecule has 0 radical (unpaired) electrons. The number of rotatable bonds is 12. The summed E-state index contributed by atoms with van der Waals surface area (Å²) < 4.78 is 45.9. The number of hydrogen-bond acceptors (Lipinski definition) is 8. The van der Waals surface area contributed by atoms with E-state index in [9.17, 15) is 5.11 Å². The van der Waals surface area contributed by atoms with E-state index in [-0.39, 0.29) is 57.9 Å². The maximum atomic E-state index is 10.1. The van der Waals surface area contributed by atoms with Crippen molar-refractivity contribution in [1.29, 1.82) is 0 Å². The van der Waals surface area contributed by atoms with Crippen molar-refractivity contribution in [3.63, 3.8) is 0 Å². The Balaban J connectivity index is 0.000000155. The van der Waals surface area contributed by atoms with E-state index >= 15 is 0 Å². The summed E-state index contributed by atoms with van der Waals surface area (Å²) >= 11 is 0. The van der Waals surface area contributed by atoms with Crippen LogP contribution < -0.4 is 20.7 Å². The van der Waals surface area contributed by atoms with Gasteiger partial charge in [-0.2, -0.15) is 0 Å². The van der Waals surface area contributed by atoms with Crippen LogP contribution >= 0.6 is 0 Å². The van der Waals surface area contributed by atoms with Gasteiger partial charge in [0, 0.05) is 32.5 Å². The first-order valence-electron chi connectivity index (χ1n) is 24.9. The predicted molar refractivity (Wildman–Crippen MR) is 265 cm³/mol. The van der Waals surface area contributed by atoms with Crippen LogP contribution in [0.4, 0.5) is 0 Å². The zero-order valence-corrected chi connectivity index (χ0v) is 42.0. The Kier molecular flexibility index (Phi) is 12.8.